The molecule has 1 amide bonds. The van der Waals surface area contributed by atoms with Crippen molar-refractivity contribution in [2.24, 2.45) is 11.8 Å². The highest BCUT2D eigenvalue weighted by atomic mass is 19.4. The maximum Gasteiger partial charge on any atom is 0.416 e. The molecule has 0 saturated heterocycles. The van der Waals surface area contributed by atoms with Crippen molar-refractivity contribution in [2.45, 2.75) is 52.8 Å². The van der Waals surface area contributed by atoms with Gasteiger partial charge in [-0.05, 0) is 24.0 Å². The van der Waals surface area contributed by atoms with Gasteiger partial charge in [-0.25, -0.2) is 0 Å². The van der Waals surface area contributed by atoms with Gasteiger partial charge < -0.3 is 9.84 Å². The number of hydrogen-bond acceptors (Lipinski definition) is 4. The minimum atomic E-state index is -4.40. The second-order valence-corrected chi connectivity index (χ2v) is 7.06. The van der Waals surface area contributed by atoms with Gasteiger partial charge in [0.15, 0.2) is 0 Å². The molecule has 1 N–H and O–H groups in total. The van der Waals surface area contributed by atoms with E-state index in [0.29, 0.717) is 12.0 Å². The number of nitrogens with zero attached hydrogens (tertiary/aromatic N) is 2. The molecule has 148 valence electrons. The molecule has 0 aliphatic heterocycles. The molecule has 0 aliphatic rings. The van der Waals surface area contributed by atoms with Crippen molar-refractivity contribution in [1.82, 2.24) is 15.5 Å². The number of benzene rings is 1. The number of aromatic nitrogens is 2. The van der Waals surface area contributed by atoms with Crippen LogP contribution in [0.15, 0.2) is 28.8 Å². The fourth-order valence-corrected chi connectivity index (χ4v) is 2.57. The number of carbonyl (C=O) groups is 1. The van der Waals surface area contributed by atoms with Gasteiger partial charge in [0.1, 0.15) is 6.04 Å². The number of rotatable bonds is 7. The molecule has 0 bridgehead atoms. The molecule has 1 heterocycles. The van der Waals surface area contributed by atoms with E-state index in [-0.39, 0.29) is 29.5 Å². The first-order valence-corrected chi connectivity index (χ1v) is 8.92. The molecular weight excluding hydrogens is 359 g/mol. The summed E-state index contributed by atoms with van der Waals surface area (Å²) < 4.78 is 43.4. The topological polar surface area (TPSA) is 68.0 Å². The first kappa shape index (κ1) is 20.9. The van der Waals surface area contributed by atoms with Crippen LogP contribution in [0, 0.1) is 11.8 Å². The summed E-state index contributed by atoms with van der Waals surface area (Å²) in [6.45, 7) is 7.85. The highest BCUT2D eigenvalue weighted by molar-refractivity contribution is 5.76. The number of carbonyl (C=O) groups excluding carboxylic acids is 1. The van der Waals surface area contributed by atoms with Crippen molar-refractivity contribution in [1.29, 1.82) is 0 Å². The molecule has 2 atom stereocenters. The number of nitrogens with one attached hydrogen (secondary N) is 1. The van der Waals surface area contributed by atoms with Crippen molar-refractivity contribution in [3.63, 3.8) is 0 Å². The summed E-state index contributed by atoms with van der Waals surface area (Å²) in [7, 11) is 0. The average molecular weight is 383 g/mol. The van der Waals surface area contributed by atoms with Gasteiger partial charge >= 0.3 is 6.18 Å². The molecule has 0 unspecified atom stereocenters. The Bertz CT molecular complexity index is 754. The third-order valence-corrected chi connectivity index (χ3v) is 4.30. The van der Waals surface area contributed by atoms with Gasteiger partial charge in [0, 0.05) is 12.0 Å². The van der Waals surface area contributed by atoms with E-state index in [1.807, 2.05) is 27.7 Å². The molecule has 5 nitrogen and oxygen atoms in total. The van der Waals surface area contributed by atoms with E-state index in [2.05, 4.69) is 15.5 Å². The zero-order chi connectivity index (χ0) is 20.2. The van der Waals surface area contributed by atoms with Crippen LogP contribution in [0.1, 0.15) is 58.0 Å². The molecule has 27 heavy (non-hydrogen) atoms. The SMILES string of the molecule is CC[C@H](C)[C@H](NC(=O)CC(C)C)c1nc(-c2ccc(C(F)(F)F)cc2)no1. The predicted octanol–water partition coefficient (Wildman–Crippen LogP) is 5.00. The molecule has 8 heteroatoms. The Hall–Kier alpha value is -2.38. The lowest BCUT2D eigenvalue weighted by Crippen LogP contribution is -2.33. The lowest BCUT2D eigenvalue weighted by Gasteiger charge is -2.21. The predicted molar refractivity (Wildman–Crippen MR) is 94.5 cm³/mol. The van der Waals surface area contributed by atoms with E-state index < -0.39 is 17.8 Å². The highest BCUT2D eigenvalue weighted by Gasteiger charge is 2.30. The first-order chi connectivity index (χ1) is 12.6. The normalized spacial score (nSPS) is 14.2. The zero-order valence-corrected chi connectivity index (χ0v) is 15.8. The van der Waals surface area contributed by atoms with Gasteiger partial charge in [0.05, 0.1) is 5.56 Å². The molecule has 0 saturated carbocycles. The van der Waals surface area contributed by atoms with Crippen LogP contribution >= 0.6 is 0 Å². The fraction of sp³-hybridized carbons (Fsp3) is 0.526. The van der Waals surface area contributed by atoms with Crippen molar-refractivity contribution >= 4 is 5.91 Å². The van der Waals surface area contributed by atoms with Crippen LogP contribution < -0.4 is 5.32 Å². The van der Waals surface area contributed by atoms with E-state index in [9.17, 15) is 18.0 Å². The molecule has 2 aromatic rings. The van der Waals surface area contributed by atoms with Crippen LogP contribution in [0.2, 0.25) is 0 Å². The zero-order valence-electron chi connectivity index (χ0n) is 15.8. The van der Waals surface area contributed by atoms with Crippen LogP contribution in [0.5, 0.6) is 0 Å². The minimum absolute atomic E-state index is 0.0574. The van der Waals surface area contributed by atoms with Crippen LogP contribution in [0.4, 0.5) is 13.2 Å². The summed E-state index contributed by atoms with van der Waals surface area (Å²) in [5.74, 6) is 0.598. The average Bonchev–Trinajstić information content (AvgIpc) is 3.07. The van der Waals surface area contributed by atoms with E-state index in [1.54, 1.807) is 0 Å². The third-order valence-electron chi connectivity index (χ3n) is 4.30. The first-order valence-electron chi connectivity index (χ1n) is 8.92. The Kier molecular flexibility index (Phi) is 6.62. The summed E-state index contributed by atoms with van der Waals surface area (Å²) in [6, 6.07) is 4.10. The monoisotopic (exact) mass is 383 g/mol. The van der Waals surface area contributed by atoms with Gasteiger partial charge in [0.2, 0.25) is 17.6 Å². The lowest BCUT2D eigenvalue weighted by atomic mass is 9.98. The van der Waals surface area contributed by atoms with Gasteiger partial charge in [-0.2, -0.15) is 18.2 Å². The minimum Gasteiger partial charge on any atom is -0.344 e. The highest BCUT2D eigenvalue weighted by Crippen LogP contribution is 2.31. The van der Waals surface area contributed by atoms with Gasteiger partial charge in [-0.1, -0.05) is 51.4 Å². The Morgan fingerprint density at radius 1 is 1.19 bits per heavy atom. The molecule has 2 rings (SSSR count). The van der Waals surface area contributed by atoms with Crippen LogP contribution in [0.25, 0.3) is 11.4 Å². The number of hydrogen-bond donors (Lipinski definition) is 1. The third kappa shape index (κ3) is 5.55. The maximum absolute atomic E-state index is 12.7. The van der Waals surface area contributed by atoms with E-state index in [1.165, 1.54) is 12.1 Å². The molecule has 0 fully saturated rings. The Balaban J connectivity index is 2.22. The largest absolute Gasteiger partial charge is 0.416 e. The van der Waals surface area contributed by atoms with Crippen molar-refractivity contribution in [2.75, 3.05) is 0 Å². The standard InChI is InChI=1S/C19H24F3N3O2/c1-5-12(4)16(23-15(26)10-11(2)3)18-24-17(25-27-18)13-6-8-14(9-7-13)19(20,21)22/h6-9,11-12,16H,5,10H2,1-4H3,(H,23,26)/t12-,16-/m0/s1. The van der Waals surface area contributed by atoms with Gasteiger partial charge in [-0.15, -0.1) is 0 Å². The van der Waals surface area contributed by atoms with Crippen LogP contribution in [-0.2, 0) is 11.0 Å². The Labute approximate surface area is 156 Å². The van der Waals surface area contributed by atoms with E-state index >= 15 is 0 Å². The molecular formula is C19H24F3N3O2. The second-order valence-electron chi connectivity index (χ2n) is 7.06. The number of alkyl halides is 3. The van der Waals surface area contributed by atoms with Crippen molar-refractivity contribution < 1.29 is 22.5 Å². The molecule has 1 aromatic carbocycles. The smallest absolute Gasteiger partial charge is 0.344 e. The maximum atomic E-state index is 12.7. The number of amides is 1. The molecule has 1 aromatic heterocycles. The Morgan fingerprint density at radius 3 is 2.33 bits per heavy atom. The van der Waals surface area contributed by atoms with Gasteiger partial charge in [0.25, 0.3) is 0 Å². The summed E-state index contributed by atoms with van der Waals surface area (Å²) in [6.07, 6.45) is -3.24. The second kappa shape index (κ2) is 8.54. The fourth-order valence-electron chi connectivity index (χ4n) is 2.57. The Morgan fingerprint density at radius 2 is 1.81 bits per heavy atom. The quantitative estimate of drug-likeness (QED) is 0.730. The lowest BCUT2D eigenvalue weighted by molar-refractivity contribution is -0.137. The van der Waals surface area contributed by atoms with E-state index in [4.69, 9.17) is 4.52 Å². The van der Waals surface area contributed by atoms with Crippen molar-refractivity contribution in [3.05, 3.63) is 35.7 Å². The number of halogens is 3. The van der Waals surface area contributed by atoms with Crippen molar-refractivity contribution in [3.8, 4) is 11.4 Å². The molecule has 0 aliphatic carbocycles. The summed E-state index contributed by atoms with van der Waals surface area (Å²) >= 11 is 0. The van der Waals surface area contributed by atoms with Gasteiger partial charge in [-0.3, -0.25) is 4.79 Å². The summed E-state index contributed by atoms with van der Waals surface area (Å²) in [4.78, 5) is 16.5. The van der Waals surface area contributed by atoms with Crippen LogP contribution in [0.3, 0.4) is 0 Å². The molecule has 0 spiro atoms. The van der Waals surface area contributed by atoms with E-state index in [0.717, 1.165) is 18.6 Å². The summed E-state index contributed by atoms with van der Waals surface area (Å²) in [5.41, 5.74) is -0.331. The van der Waals surface area contributed by atoms with Crippen LogP contribution in [-0.4, -0.2) is 16.0 Å². The summed E-state index contributed by atoms with van der Waals surface area (Å²) in [5, 5.41) is 6.79. The molecule has 0 radical (unpaired) electrons.